The first kappa shape index (κ1) is 12.7. The normalized spacial score (nSPS) is 19.4. The number of nitrogens with zero attached hydrogens (tertiary/aromatic N) is 2. The van der Waals surface area contributed by atoms with Gasteiger partial charge in [0.25, 0.3) is 0 Å². The van der Waals surface area contributed by atoms with Gasteiger partial charge in [0.05, 0.1) is 17.1 Å². The second kappa shape index (κ2) is 4.76. The number of benzene rings is 1. The molecule has 21 heavy (non-hydrogen) atoms. The number of aromatic amines is 1. The molecule has 4 rings (SSSR count). The van der Waals surface area contributed by atoms with Crippen LogP contribution in [0, 0.1) is 0 Å². The van der Waals surface area contributed by atoms with Crippen molar-refractivity contribution in [3.63, 3.8) is 0 Å². The molecule has 0 spiro atoms. The number of amides is 2. The first-order valence-electron chi connectivity index (χ1n) is 7.76. The minimum absolute atomic E-state index is 0.00942. The van der Waals surface area contributed by atoms with Gasteiger partial charge in [0.1, 0.15) is 5.82 Å². The standard InChI is InChI=1S/C16H20N4O/c1-10(17-16(21)20-7-2-8-20)12-5-6-13-14(9-12)19-15(18-13)11-3-4-11/h5-6,9-11H,2-4,7-8H2,1H3,(H,17,21)(H,18,19). The first-order valence-corrected chi connectivity index (χ1v) is 7.76. The molecule has 2 aromatic rings. The molecule has 1 saturated carbocycles. The summed E-state index contributed by atoms with van der Waals surface area (Å²) in [6.07, 6.45) is 3.61. The number of hydrogen-bond acceptors (Lipinski definition) is 2. The van der Waals surface area contributed by atoms with Crippen LogP contribution in [0.15, 0.2) is 18.2 Å². The number of likely N-dealkylation sites (tertiary alicyclic amines) is 1. The van der Waals surface area contributed by atoms with Crippen LogP contribution in [-0.2, 0) is 0 Å². The lowest BCUT2D eigenvalue weighted by Crippen LogP contribution is -2.48. The Morgan fingerprint density at radius 3 is 2.90 bits per heavy atom. The van der Waals surface area contributed by atoms with Gasteiger partial charge in [0.2, 0.25) is 0 Å². The van der Waals surface area contributed by atoms with Gasteiger partial charge in [0, 0.05) is 19.0 Å². The third kappa shape index (κ3) is 2.37. The lowest BCUT2D eigenvalue weighted by Gasteiger charge is -2.32. The van der Waals surface area contributed by atoms with E-state index in [4.69, 9.17) is 0 Å². The molecular formula is C16H20N4O. The third-order valence-corrected chi connectivity index (χ3v) is 4.47. The Morgan fingerprint density at radius 2 is 2.24 bits per heavy atom. The average Bonchev–Trinajstić information content (AvgIpc) is 3.15. The molecule has 5 heteroatoms. The van der Waals surface area contributed by atoms with Gasteiger partial charge in [-0.1, -0.05) is 6.07 Å². The molecule has 110 valence electrons. The molecule has 2 amide bonds. The van der Waals surface area contributed by atoms with Crippen molar-refractivity contribution in [1.29, 1.82) is 0 Å². The molecule has 1 unspecified atom stereocenters. The van der Waals surface area contributed by atoms with E-state index < -0.39 is 0 Å². The Morgan fingerprint density at radius 1 is 1.43 bits per heavy atom. The third-order valence-electron chi connectivity index (χ3n) is 4.47. The van der Waals surface area contributed by atoms with Gasteiger partial charge in [-0.3, -0.25) is 0 Å². The smallest absolute Gasteiger partial charge is 0.317 e. The number of aromatic nitrogens is 2. The van der Waals surface area contributed by atoms with E-state index in [0.29, 0.717) is 5.92 Å². The van der Waals surface area contributed by atoms with E-state index in [2.05, 4.69) is 27.4 Å². The zero-order valence-electron chi connectivity index (χ0n) is 12.2. The molecule has 2 fully saturated rings. The number of hydrogen-bond donors (Lipinski definition) is 2. The molecule has 1 aliphatic carbocycles. The maximum Gasteiger partial charge on any atom is 0.317 e. The summed E-state index contributed by atoms with van der Waals surface area (Å²) in [6, 6.07) is 6.25. The zero-order chi connectivity index (χ0) is 14.4. The predicted molar refractivity (Wildman–Crippen MR) is 81.2 cm³/mol. The summed E-state index contributed by atoms with van der Waals surface area (Å²) < 4.78 is 0. The summed E-state index contributed by atoms with van der Waals surface area (Å²) >= 11 is 0. The molecule has 1 aliphatic heterocycles. The van der Waals surface area contributed by atoms with Crippen LogP contribution in [0.5, 0.6) is 0 Å². The second-order valence-electron chi connectivity index (χ2n) is 6.18. The van der Waals surface area contributed by atoms with Gasteiger partial charge >= 0.3 is 6.03 Å². The summed E-state index contributed by atoms with van der Waals surface area (Å²) in [5.74, 6) is 1.74. The van der Waals surface area contributed by atoms with Crippen LogP contribution in [0.1, 0.15) is 49.5 Å². The highest BCUT2D eigenvalue weighted by molar-refractivity contribution is 5.78. The number of urea groups is 1. The molecular weight excluding hydrogens is 264 g/mol. The van der Waals surface area contributed by atoms with Gasteiger partial charge in [-0.15, -0.1) is 0 Å². The summed E-state index contributed by atoms with van der Waals surface area (Å²) in [6.45, 7) is 3.78. The fraction of sp³-hybridized carbons (Fsp3) is 0.500. The molecule has 0 radical (unpaired) electrons. The van der Waals surface area contributed by atoms with Gasteiger partial charge < -0.3 is 15.2 Å². The minimum Gasteiger partial charge on any atom is -0.342 e. The first-order chi connectivity index (χ1) is 10.2. The van der Waals surface area contributed by atoms with E-state index in [9.17, 15) is 4.79 Å². The van der Waals surface area contributed by atoms with E-state index in [0.717, 1.165) is 41.9 Å². The molecule has 1 saturated heterocycles. The van der Waals surface area contributed by atoms with Crippen LogP contribution in [0.2, 0.25) is 0 Å². The van der Waals surface area contributed by atoms with Crippen molar-refractivity contribution in [2.45, 2.75) is 38.1 Å². The molecule has 1 aromatic heterocycles. The summed E-state index contributed by atoms with van der Waals surface area (Å²) in [5.41, 5.74) is 3.20. The van der Waals surface area contributed by atoms with Crippen LogP contribution in [0.3, 0.4) is 0 Å². The van der Waals surface area contributed by atoms with E-state index in [1.54, 1.807) is 0 Å². The Kier molecular flexibility index (Phi) is 2.87. The lowest BCUT2D eigenvalue weighted by atomic mass is 10.1. The number of fused-ring (bicyclic) bond motifs is 1. The monoisotopic (exact) mass is 284 g/mol. The van der Waals surface area contributed by atoms with Crippen molar-refractivity contribution >= 4 is 17.1 Å². The fourth-order valence-electron chi connectivity index (χ4n) is 2.75. The van der Waals surface area contributed by atoms with Crippen LogP contribution >= 0.6 is 0 Å². The predicted octanol–water partition coefficient (Wildman–Crippen LogP) is 2.92. The number of nitrogens with one attached hydrogen (secondary N) is 2. The number of H-pyrrole nitrogens is 1. The number of carbonyl (C=O) groups is 1. The molecule has 0 bridgehead atoms. The van der Waals surface area contributed by atoms with Crippen LogP contribution < -0.4 is 5.32 Å². The van der Waals surface area contributed by atoms with E-state index in [1.165, 1.54) is 12.8 Å². The Labute approximate surface area is 123 Å². The number of carbonyl (C=O) groups excluding carboxylic acids is 1. The molecule has 2 N–H and O–H groups in total. The highest BCUT2D eigenvalue weighted by Crippen LogP contribution is 2.39. The van der Waals surface area contributed by atoms with Crippen molar-refractivity contribution in [2.75, 3.05) is 13.1 Å². The topological polar surface area (TPSA) is 61.0 Å². The van der Waals surface area contributed by atoms with Crippen molar-refractivity contribution in [2.24, 2.45) is 0 Å². The van der Waals surface area contributed by atoms with Gasteiger partial charge in [-0.05, 0) is 43.9 Å². The van der Waals surface area contributed by atoms with Crippen LogP contribution in [-0.4, -0.2) is 34.0 Å². The van der Waals surface area contributed by atoms with Gasteiger partial charge in [0.15, 0.2) is 0 Å². The van der Waals surface area contributed by atoms with E-state index in [-0.39, 0.29) is 12.1 Å². The second-order valence-corrected chi connectivity index (χ2v) is 6.18. The van der Waals surface area contributed by atoms with Gasteiger partial charge in [-0.25, -0.2) is 9.78 Å². The Bertz CT molecular complexity index is 685. The largest absolute Gasteiger partial charge is 0.342 e. The van der Waals surface area contributed by atoms with E-state index in [1.807, 2.05) is 17.9 Å². The number of rotatable bonds is 3. The SMILES string of the molecule is CC(NC(=O)N1CCC1)c1ccc2nc(C3CC3)[nH]c2c1. The maximum absolute atomic E-state index is 12.0. The Hall–Kier alpha value is -2.04. The summed E-state index contributed by atoms with van der Waals surface area (Å²) in [4.78, 5) is 21.9. The minimum atomic E-state index is 0.00942. The molecule has 2 heterocycles. The quantitative estimate of drug-likeness (QED) is 0.910. The van der Waals surface area contributed by atoms with Crippen LogP contribution in [0.4, 0.5) is 4.79 Å². The average molecular weight is 284 g/mol. The number of imidazole rings is 1. The highest BCUT2D eigenvalue weighted by atomic mass is 16.2. The van der Waals surface area contributed by atoms with Crippen molar-refractivity contribution in [3.8, 4) is 0 Å². The van der Waals surface area contributed by atoms with Gasteiger partial charge in [-0.2, -0.15) is 0 Å². The van der Waals surface area contributed by atoms with Crippen molar-refractivity contribution < 1.29 is 4.79 Å². The summed E-state index contributed by atoms with van der Waals surface area (Å²) in [5, 5.41) is 3.06. The van der Waals surface area contributed by atoms with E-state index >= 15 is 0 Å². The zero-order valence-corrected chi connectivity index (χ0v) is 12.2. The summed E-state index contributed by atoms with van der Waals surface area (Å²) in [7, 11) is 0. The molecule has 1 atom stereocenters. The molecule has 1 aromatic carbocycles. The fourth-order valence-corrected chi connectivity index (χ4v) is 2.75. The molecule has 5 nitrogen and oxygen atoms in total. The van der Waals surface area contributed by atoms with Crippen LogP contribution in [0.25, 0.3) is 11.0 Å². The Balaban J connectivity index is 1.52. The highest BCUT2D eigenvalue weighted by Gasteiger charge is 2.27. The molecule has 2 aliphatic rings. The maximum atomic E-state index is 12.0. The van der Waals surface area contributed by atoms with Crippen molar-refractivity contribution in [3.05, 3.63) is 29.6 Å². The van der Waals surface area contributed by atoms with Crippen molar-refractivity contribution in [1.82, 2.24) is 20.2 Å². The lowest BCUT2D eigenvalue weighted by molar-refractivity contribution is 0.164.